The molecule has 0 aliphatic carbocycles. The summed E-state index contributed by atoms with van der Waals surface area (Å²) in [6.07, 6.45) is -4.77. The highest BCUT2D eigenvalue weighted by Gasteiger charge is 2.58. The van der Waals surface area contributed by atoms with Gasteiger partial charge in [-0.15, -0.1) is 0 Å². The molecule has 0 saturated heterocycles. The number of halogens is 3. The molecule has 1 aromatic rings. The Morgan fingerprint density at radius 2 is 1.88 bits per heavy atom. The number of aliphatic imine (C=N–C) groups is 1. The van der Waals surface area contributed by atoms with Crippen molar-refractivity contribution in [2.45, 2.75) is 18.8 Å². The van der Waals surface area contributed by atoms with E-state index in [1.807, 2.05) is 0 Å². The summed E-state index contributed by atoms with van der Waals surface area (Å²) < 4.78 is 37.9. The lowest BCUT2D eigenvalue weighted by Gasteiger charge is -2.25. The summed E-state index contributed by atoms with van der Waals surface area (Å²) >= 11 is 0. The molecular weight excluding hydrogens is 233 g/mol. The maximum atomic E-state index is 12.6. The van der Waals surface area contributed by atoms with Crippen molar-refractivity contribution in [3.63, 3.8) is 0 Å². The lowest BCUT2D eigenvalue weighted by Crippen LogP contribution is -2.47. The van der Waals surface area contributed by atoms with Crippen LogP contribution in [0.25, 0.3) is 0 Å². The van der Waals surface area contributed by atoms with Gasteiger partial charge in [-0.2, -0.15) is 13.2 Å². The molecule has 0 bridgehead atoms. The molecule has 0 amide bonds. The number of benzene rings is 1. The highest BCUT2D eigenvalue weighted by molar-refractivity contribution is 5.98. The van der Waals surface area contributed by atoms with E-state index in [1.54, 1.807) is 30.3 Å². The Hall–Kier alpha value is -1.56. The second kappa shape index (κ2) is 3.73. The van der Waals surface area contributed by atoms with Crippen molar-refractivity contribution < 1.29 is 18.3 Å². The van der Waals surface area contributed by atoms with Crippen LogP contribution in [-0.4, -0.2) is 29.4 Å². The largest absolute Gasteiger partial charge is 0.440 e. The van der Waals surface area contributed by atoms with E-state index in [1.165, 1.54) is 11.8 Å². The van der Waals surface area contributed by atoms with Crippen LogP contribution in [0.1, 0.15) is 6.92 Å². The second-order valence-electron chi connectivity index (χ2n) is 3.90. The zero-order chi connectivity index (χ0) is 12.7. The van der Waals surface area contributed by atoms with Gasteiger partial charge in [0.25, 0.3) is 5.72 Å². The van der Waals surface area contributed by atoms with Gasteiger partial charge in [0.05, 0.1) is 6.54 Å². The van der Waals surface area contributed by atoms with E-state index in [4.69, 9.17) is 0 Å². The fourth-order valence-electron chi connectivity index (χ4n) is 1.74. The molecule has 3 nitrogen and oxygen atoms in total. The number of β-amino-alcohol motifs (C(OH)–C–C–N with tert-alkyl or cyclic N) is 1. The van der Waals surface area contributed by atoms with Gasteiger partial charge >= 0.3 is 6.18 Å². The predicted molar refractivity (Wildman–Crippen MR) is 57.9 cm³/mol. The molecule has 1 N–H and O–H groups in total. The minimum absolute atomic E-state index is 0.149. The van der Waals surface area contributed by atoms with E-state index >= 15 is 0 Å². The Morgan fingerprint density at radius 3 is 2.35 bits per heavy atom. The van der Waals surface area contributed by atoms with Gasteiger partial charge in [-0.1, -0.05) is 18.2 Å². The molecule has 1 atom stereocenters. The van der Waals surface area contributed by atoms with Crippen LogP contribution in [0.15, 0.2) is 35.3 Å². The van der Waals surface area contributed by atoms with Crippen molar-refractivity contribution in [1.29, 1.82) is 0 Å². The quantitative estimate of drug-likeness (QED) is 0.821. The first-order chi connectivity index (χ1) is 7.83. The van der Waals surface area contributed by atoms with Crippen LogP contribution in [0.5, 0.6) is 0 Å². The van der Waals surface area contributed by atoms with E-state index in [-0.39, 0.29) is 5.84 Å². The summed E-state index contributed by atoms with van der Waals surface area (Å²) in [4.78, 5) is 4.66. The SMILES string of the molecule is CC1=NC(O)(C(F)(F)F)CN1c1ccccc1. The predicted octanol–water partition coefficient (Wildman–Crippen LogP) is 2.18. The van der Waals surface area contributed by atoms with Gasteiger partial charge in [-0.25, -0.2) is 4.99 Å². The van der Waals surface area contributed by atoms with Crippen molar-refractivity contribution >= 4 is 11.5 Å². The molecule has 0 radical (unpaired) electrons. The third-order valence-electron chi connectivity index (χ3n) is 2.64. The third-order valence-corrected chi connectivity index (χ3v) is 2.64. The topological polar surface area (TPSA) is 35.8 Å². The van der Waals surface area contributed by atoms with Crippen molar-refractivity contribution in [2.24, 2.45) is 4.99 Å². The smallest absolute Gasteiger partial charge is 0.361 e. The first-order valence-corrected chi connectivity index (χ1v) is 5.02. The maximum absolute atomic E-state index is 12.6. The summed E-state index contributed by atoms with van der Waals surface area (Å²) in [6, 6.07) is 8.53. The molecule has 92 valence electrons. The second-order valence-corrected chi connectivity index (χ2v) is 3.90. The zero-order valence-corrected chi connectivity index (χ0v) is 9.07. The molecule has 1 unspecified atom stereocenters. The first-order valence-electron chi connectivity index (χ1n) is 5.02. The summed E-state index contributed by atoms with van der Waals surface area (Å²) in [7, 11) is 0. The summed E-state index contributed by atoms with van der Waals surface area (Å²) in [5.41, 5.74) is -2.43. The Bertz CT molecular complexity index is 444. The fourth-order valence-corrected chi connectivity index (χ4v) is 1.74. The van der Waals surface area contributed by atoms with E-state index in [0.29, 0.717) is 5.69 Å². The standard InChI is InChI=1S/C11H11F3N2O/c1-8-15-10(17,11(12,13)14)7-16(8)9-5-3-2-4-6-9/h2-6,17H,7H2,1H3. The Morgan fingerprint density at radius 1 is 1.29 bits per heavy atom. The number of hydrogen-bond acceptors (Lipinski definition) is 3. The number of nitrogens with zero attached hydrogens (tertiary/aromatic N) is 2. The number of para-hydroxylation sites is 1. The summed E-state index contributed by atoms with van der Waals surface area (Å²) in [5.74, 6) is 0.149. The monoisotopic (exact) mass is 244 g/mol. The van der Waals surface area contributed by atoms with Gasteiger partial charge in [-0.05, 0) is 19.1 Å². The Balaban J connectivity index is 2.31. The number of amidine groups is 1. The van der Waals surface area contributed by atoms with Crippen molar-refractivity contribution in [2.75, 3.05) is 11.4 Å². The number of hydrogen-bond donors (Lipinski definition) is 1. The highest BCUT2D eigenvalue weighted by Crippen LogP contribution is 2.37. The van der Waals surface area contributed by atoms with Crippen LogP contribution in [0.4, 0.5) is 18.9 Å². The van der Waals surface area contributed by atoms with Crippen LogP contribution < -0.4 is 4.90 Å². The molecule has 1 aliphatic heterocycles. The number of anilines is 1. The van der Waals surface area contributed by atoms with E-state index < -0.39 is 18.4 Å². The zero-order valence-electron chi connectivity index (χ0n) is 9.07. The first kappa shape index (κ1) is 11.9. The van der Waals surface area contributed by atoms with Crippen molar-refractivity contribution in [3.8, 4) is 0 Å². The molecule has 1 heterocycles. The Kier molecular flexibility index (Phi) is 2.61. The van der Waals surface area contributed by atoms with Crippen LogP contribution in [-0.2, 0) is 0 Å². The number of alkyl halides is 3. The van der Waals surface area contributed by atoms with Crippen LogP contribution in [0.2, 0.25) is 0 Å². The molecule has 0 aromatic heterocycles. The molecule has 0 fully saturated rings. The van der Waals surface area contributed by atoms with Crippen molar-refractivity contribution in [3.05, 3.63) is 30.3 Å². The van der Waals surface area contributed by atoms with Gasteiger partial charge in [0.1, 0.15) is 5.84 Å². The minimum Gasteiger partial charge on any atom is -0.361 e. The normalized spacial score (nSPS) is 25.0. The molecule has 1 aliphatic rings. The van der Waals surface area contributed by atoms with Gasteiger partial charge in [0.15, 0.2) is 0 Å². The highest BCUT2D eigenvalue weighted by atomic mass is 19.4. The minimum atomic E-state index is -4.77. The molecule has 17 heavy (non-hydrogen) atoms. The fraction of sp³-hybridized carbons (Fsp3) is 0.364. The molecule has 2 rings (SSSR count). The maximum Gasteiger partial charge on any atom is 0.440 e. The van der Waals surface area contributed by atoms with Gasteiger partial charge in [0, 0.05) is 5.69 Å². The summed E-state index contributed by atoms with van der Waals surface area (Å²) in [5, 5.41) is 9.48. The summed E-state index contributed by atoms with van der Waals surface area (Å²) in [6.45, 7) is 0.836. The Labute approximate surface area is 96.2 Å². The lowest BCUT2D eigenvalue weighted by molar-refractivity contribution is -0.249. The average Bonchev–Trinajstić information content (AvgIpc) is 2.56. The van der Waals surface area contributed by atoms with E-state index in [0.717, 1.165) is 0 Å². The molecule has 1 aromatic carbocycles. The van der Waals surface area contributed by atoms with E-state index in [9.17, 15) is 18.3 Å². The number of rotatable bonds is 1. The average molecular weight is 244 g/mol. The number of aliphatic hydroxyl groups is 1. The van der Waals surface area contributed by atoms with Gasteiger partial charge in [0.2, 0.25) is 0 Å². The lowest BCUT2D eigenvalue weighted by atomic mass is 10.2. The van der Waals surface area contributed by atoms with Gasteiger partial charge in [-0.3, -0.25) is 0 Å². The molecule has 0 saturated carbocycles. The van der Waals surface area contributed by atoms with Crippen LogP contribution >= 0.6 is 0 Å². The molecule has 6 heteroatoms. The van der Waals surface area contributed by atoms with E-state index in [2.05, 4.69) is 4.99 Å². The van der Waals surface area contributed by atoms with Crippen LogP contribution in [0, 0.1) is 0 Å². The van der Waals surface area contributed by atoms with Gasteiger partial charge < -0.3 is 10.0 Å². The molecule has 0 spiro atoms. The van der Waals surface area contributed by atoms with Crippen LogP contribution in [0.3, 0.4) is 0 Å². The van der Waals surface area contributed by atoms with Crippen molar-refractivity contribution in [1.82, 2.24) is 0 Å². The molecular formula is C11H11F3N2O. The third kappa shape index (κ3) is 2.00.